The van der Waals surface area contributed by atoms with Gasteiger partial charge in [0, 0.05) is 11.0 Å². The molecule has 0 unspecified atom stereocenters. The van der Waals surface area contributed by atoms with Crippen molar-refractivity contribution in [3.8, 4) is 11.5 Å². The van der Waals surface area contributed by atoms with Gasteiger partial charge in [-0.15, -0.1) is 5.54 Å². The van der Waals surface area contributed by atoms with E-state index in [1.54, 1.807) is 6.08 Å². The van der Waals surface area contributed by atoms with E-state index < -0.39 is 8.07 Å². The maximum Gasteiger partial charge on any atom is 0.162 e. The smallest absolute Gasteiger partial charge is 0.162 e. The number of carbonyl (C=O) groups is 1. The average Bonchev–Trinajstić information content (AvgIpc) is 2.06. The number of hydrogen-bond donors (Lipinski definition) is 0. The van der Waals surface area contributed by atoms with E-state index in [0.717, 1.165) is 18.4 Å². The second kappa shape index (κ2) is 3.98. The predicted molar refractivity (Wildman–Crippen MR) is 67.2 cm³/mol. The molecule has 0 atom stereocenters. The molecule has 15 heavy (non-hydrogen) atoms. The number of rotatable bonds is 0. The fourth-order valence-corrected chi connectivity index (χ4v) is 1.90. The van der Waals surface area contributed by atoms with E-state index in [0.29, 0.717) is 0 Å². The summed E-state index contributed by atoms with van der Waals surface area (Å²) in [6.07, 6.45) is 3.63. The molecule has 0 aromatic heterocycles. The molecule has 0 aliphatic heterocycles. The molecule has 1 aliphatic rings. The van der Waals surface area contributed by atoms with Crippen molar-refractivity contribution in [3.63, 3.8) is 0 Å². The second-order valence-electron chi connectivity index (χ2n) is 5.92. The van der Waals surface area contributed by atoms with Crippen LogP contribution in [0.15, 0.2) is 11.6 Å². The average molecular weight is 220 g/mol. The van der Waals surface area contributed by atoms with E-state index in [1.807, 2.05) is 13.8 Å². The summed E-state index contributed by atoms with van der Waals surface area (Å²) in [5, 5.41) is 0. The molecule has 0 saturated heterocycles. The van der Waals surface area contributed by atoms with Crippen molar-refractivity contribution in [1.29, 1.82) is 0 Å². The van der Waals surface area contributed by atoms with Crippen LogP contribution in [0.3, 0.4) is 0 Å². The van der Waals surface area contributed by atoms with E-state index in [9.17, 15) is 4.79 Å². The van der Waals surface area contributed by atoms with Gasteiger partial charge in [-0.05, 0) is 18.9 Å². The summed E-state index contributed by atoms with van der Waals surface area (Å²) in [6, 6.07) is 0. The van der Waals surface area contributed by atoms with Gasteiger partial charge >= 0.3 is 0 Å². The minimum atomic E-state index is -1.31. The van der Waals surface area contributed by atoms with Crippen LogP contribution in [0.2, 0.25) is 19.6 Å². The molecular formula is C13H20OSi. The zero-order chi connectivity index (χ0) is 11.7. The van der Waals surface area contributed by atoms with Crippen LogP contribution in [-0.4, -0.2) is 13.9 Å². The fraction of sp³-hybridized carbons (Fsp3) is 0.615. The van der Waals surface area contributed by atoms with E-state index in [2.05, 4.69) is 31.1 Å². The number of carbonyl (C=O) groups excluding carboxylic acids is 1. The molecule has 0 aromatic rings. The van der Waals surface area contributed by atoms with Crippen LogP contribution in [0.5, 0.6) is 0 Å². The Morgan fingerprint density at radius 3 is 2.40 bits per heavy atom. The second-order valence-corrected chi connectivity index (χ2v) is 10.7. The summed E-state index contributed by atoms with van der Waals surface area (Å²) in [5.41, 5.74) is 4.16. The van der Waals surface area contributed by atoms with Crippen molar-refractivity contribution < 1.29 is 4.79 Å². The Balaban J connectivity index is 2.84. The molecule has 1 rings (SSSR count). The Morgan fingerprint density at radius 2 is 1.93 bits per heavy atom. The van der Waals surface area contributed by atoms with Gasteiger partial charge in [-0.1, -0.05) is 39.4 Å². The molecule has 0 fully saturated rings. The van der Waals surface area contributed by atoms with Crippen molar-refractivity contribution in [2.75, 3.05) is 0 Å². The van der Waals surface area contributed by atoms with Crippen molar-refractivity contribution in [2.24, 2.45) is 5.41 Å². The van der Waals surface area contributed by atoms with E-state index in [1.165, 1.54) is 0 Å². The van der Waals surface area contributed by atoms with Gasteiger partial charge in [0.2, 0.25) is 0 Å². The Kier molecular flexibility index (Phi) is 3.25. The van der Waals surface area contributed by atoms with Crippen LogP contribution in [0.25, 0.3) is 0 Å². The highest BCUT2D eigenvalue weighted by Crippen LogP contribution is 2.31. The monoisotopic (exact) mass is 220 g/mol. The Bertz CT molecular complexity index is 358. The molecule has 0 amide bonds. The van der Waals surface area contributed by atoms with Crippen LogP contribution in [0, 0.1) is 16.9 Å². The first-order valence-electron chi connectivity index (χ1n) is 5.49. The van der Waals surface area contributed by atoms with E-state index >= 15 is 0 Å². The molecule has 1 nitrogen and oxygen atoms in total. The summed E-state index contributed by atoms with van der Waals surface area (Å²) in [7, 11) is -1.31. The first kappa shape index (κ1) is 12.3. The predicted octanol–water partition coefficient (Wildman–Crippen LogP) is 3.18. The van der Waals surface area contributed by atoms with Gasteiger partial charge in [-0.2, -0.15) is 0 Å². The third kappa shape index (κ3) is 3.68. The number of hydrogen-bond acceptors (Lipinski definition) is 1. The molecule has 82 valence electrons. The van der Waals surface area contributed by atoms with E-state index in [4.69, 9.17) is 0 Å². The molecule has 2 heteroatoms. The molecular weight excluding hydrogens is 200 g/mol. The Labute approximate surface area is 94.0 Å². The molecule has 0 N–H and O–H groups in total. The van der Waals surface area contributed by atoms with Gasteiger partial charge in [-0.3, -0.25) is 4.79 Å². The van der Waals surface area contributed by atoms with Crippen LogP contribution >= 0.6 is 0 Å². The quantitative estimate of drug-likeness (QED) is 0.452. The minimum absolute atomic E-state index is 0.176. The number of allylic oxidation sites excluding steroid dienone is 2. The lowest BCUT2D eigenvalue weighted by atomic mass is 9.77. The van der Waals surface area contributed by atoms with Crippen LogP contribution in [-0.2, 0) is 4.79 Å². The lowest BCUT2D eigenvalue weighted by Crippen LogP contribution is -2.26. The zero-order valence-electron chi connectivity index (χ0n) is 10.4. The zero-order valence-corrected chi connectivity index (χ0v) is 11.4. The van der Waals surface area contributed by atoms with Gasteiger partial charge in [0.25, 0.3) is 0 Å². The lowest BCUT2D eigenvalue weighted by molar-refractivity contribution is -0.123. The topological polar surface area (TPSA) is 17.1 Å². The van der Waals surface area contributed by atoms with Crippen molar-refractivity contribution >= 4 is 13.9 Å². The summed E-state index contributed by atoms with van der Waals surface area (Å²) < 4.78 is 0. The lowest BCUT2D eigenvalue weighted by Gasteiger charge is -2.25. The Hall–Kier alpha value is -0.813. The molecule has 0 heterocycles. The first-order valence-corrected chi connectivity index (χ1v) is 8.99. The summed E-state index contributed by atoms with van der Waals surface area (Å²) in [5.74, 6) is 3.41. The van der Waals surface area contributed by atoms with Crippen LogP contribution < -0.4 is 0 Å². The molecule has 0 aromatic carbocycles. The fourth-order valence-electron chi connectivity index (χ4n) is 1.36. The molecule has 0 bridgehead atoms. The summed E-state index contributed by atoms with van der Waals surface area (Å²) in [6.45, 7) is 10.7. The molecule has 0 radical (unpaired) electrons. The SMILES string of the molecule is CC1(C)CCC(C#C[Si](C)(C)C)=CC1=O. The highest BCUT2D eigenvalue weighted by molar-refractivity contribution is 6.83. The normalized spacial score (nSPS) is 20.3. The van der Waals surface area contributed by atoms with E-state index in [-0.39, 0.29) is 11.2 Å². The van der Waals surface area contributed by atoms with Crippen molar-refractivity contribution in [3.05, 3.63) is 11.6 Å². The molecule has 0 spiro atoms. The van der Waals surface area contributed by atoms with Gasteiger partial charge in [0.05, 0.1) is 0 Å². The highest BCUT2D eigenvalue weighted by atomic mass is 28.3. The number of ketones is 1. The van der Waals surface area contributed by atoms with Crippen molar-refractivity contribution in [1.82, 2.24) is 0 Å². The third-order valence-electron chi connectivity index (χ3n) is 2.59. The maximum absolute atomic E-state index is 11.7. The van der Waals surface area contributed by atoms with Gasteiger partial charge in [0.15, 0.2) is 5.78 Å². The molecule has 1 aliphatic carbocycles. The minimum Gasteiger partial charge on any atom is -0.294 e. The van der Waals surface area contributed by atoms with Gasteiger partial charge in [0.1, 0.15) is 8.07 Å². The maximum atomic E-state index is 11.7. The standard InChI is InChI=1S/C13H20OSi/c1-13(2)8-6-11(10-12(13)14)7-9-15(3,4)5/h10H,6,8H2,1-5H3. The van der Waals surface area contributed by atoms with Gasteiger partial charge in [-0.25, -0.2) is 0 Å². The van der Waals surface area contributed by atoms with Crippen molar-refractivity contribution in [2.45, 2.75) is 46.3 Å². The third-order valence-corrected chi connectivity index (χ3v) is 3.46. The Morgan fingerprint density at radius 1 is 1.33 bits per heavy atom. The van der Waals surface area contributed by atoms with Crippen LogP contribution in [0.4, 0.5) is 0 Å². The molecule has 0 saturated carbocycles. The summed E-state index contributed by atoms with van der Waals surface area (Å²) in [4.78, 5) is 11.7. The van der Waals surface area contributed by atoms with Gasteiger partial charge < -0.3 is 0 Å². The van der Waals surface area contributed by atoms with Crippen LogP contribution in [0.1, 0.15) is 26.7 Å². The largest absolute Gasteiger partial charge is 0.294 e. The first-order chi connectivity index (χ1) is 6.71. The summed E-state index contributed by atoms with van der Waals surface area (Å²) >= 11 is 0. The highest BCUT2D eigenvalue weighted by Gasteiger charge is 2.29.